The lowest BCUT2D eigenvalue weighted by Gasteiger charge is -2.04. The lowest BCUT2D eigenvalue weighted by Crippen LogP contribution is -2.13. The number of nitrogens with one attached hydrogen (secondary N) is 2. The highest BCUT2D eigenvalue weighted by Gasteiger charge is 2.26. The van der Waals surface area contributed by atoms with Crippen molar-refractivity contribution in [2.75, 3.05) is 5.32 Å². The van der Waals surface area contributed by atoms with Crippen molar-refractivity contribution < 1.29 is 13.6 Å². The predicted octanol–water partition coefficient (Wildman–Crippen LogP) is 2.82. The maximum atomic E-state index is 13.4. The van der Waals surface area contributed by atoms with E-state index in [1.54, 1.807) is 6.07 Å². The Hall–Kier alpha value is -2.24. The summed E-state index contributed by atoms with van der Waals surface area (Å²) in [5.41, 5.74) is 1.05. The molecule has 0 bridgehead atoms. The summed E-state index contributed by atoms with van der Waals surface area (Å²) in [4.78, 5) is 11.9. The molecule has 1 fully saturated rings. The van der Waals surface area contributed by atoms with Gasteiger partial charge in [-0.3, -0.25) is 9.89 Å². The predicted molar refractivity (Wildman–Crippen MR) is 64.9 cm³/mol. The lowest BCUT2D eigenvalue weighted by molar-refractivity contribution is 0.102. The third-order valence-corrected chi connectivity index (χ3v) is 3.03. The first kappa shape index (κ1) is 11.8. The highest BCUT2D eigenvalue weighted by molar-refractivity contribution is 6.02. The Kier molecular flexibility index (Phi) is 2.77. The second-order valence-corrected chi connectivity index (χ2v) is 4.56. The van der Waals surface area contributed by atoms with E-state index in [1.165, 1.54) is 6.07 Å². The Morgan fingerprint density at radius 2 is 2.11 bits per heavy atom. The van der Waals surface area contributed by atoms with Crippen molar-refractivity contribution >= 4 is 11.6 Å². The van der Waals surface area contributed by atoms with Gasteiger partial charge in [0.1, 0.15) is 11.6 Å². The number of amides is 1. The maximum Gasteiger partial charge on any atom is 0.276 e. The van der Waals surface area contributed by atoms with E-state index in [-0.39, 0.29) is 11.4 Å². The molecule has 2 aromatic rings. The van der Waals surface area contributed by atoms with Gasteiger partial charge in [-0.25, -0.2) is 8.78 Å². The van der Waals surface area contributed by atoms with Crippen LogP contribution in [0.1, 0.15) is 34.9 Å². The van der Waals surface area contributed by atoms with Crippen LogP contribution >= 0.6 is 0 Å². The standard InChI is InChI=1S/C13H11F2N3O/c14-8-3-4-10(9(15)5-8)16-13(19)12-6-11(17-18-12)7-1-2-7/h3-7H,1-2H2,(H,16,19)(H,17,18). The van der Waals surface area contributed by atoms with Gasteiger partial charge in [-0.1, -0.05) is 0 Å². The molecule has 98 valence electrons. The van der Waals surface area contributed by atoms with Gasteiger partial charge < -0.3 is 5.32 Å². The quantitative estimate of drug-likeness (QED) is 0.894. The zero-order valence-corrected chi connectivity index (χ0v) is 9.91. The molecule has 0 spiro atoms. The number of benzene rings is 1. The van der Waals surface area contributed by atoms with Crippen molar-refractivity contribution in [1.82, 2.24) is 10.2 Å². The number of nitrogens with zero attached hydrogens (tertiary/aromatic N) is 1. The fourth-order valence-electron chi connectivity index (χ4n) is 1.83. The number of carbonyl (C=O) groups excluding carboxylic acids is 1. The molecule has 0 unspecified atom stereocenters. The minimum Gasteiger partial charge on any atom is -0.318 e. The number of halogens is 2. The summed E-state index contributed by atoms with van der Waals surface area (Å²) in [5.74, 6) is -1.57. The summed E-state index contributed by atoms with van der Waals surface area (Å²) in [7, 11) is 0. The van der Waals surface area contributed by atoms with Crippen LogP contribution in [0.15, 0.2) is 24.3 Å². The Balaban J connectivity index is 1.76. The molecule has 6 heteroatoms. The molecular weight excluding hydrogens is 252 g/mol. The molecule has 0 aliphatic heterocycles. The summed E-state index contributed by atoms with van der Waals surface area (Å²) in [6, 6.07) is 4.64. The van der Waals surface area contributed by atoms with Gasteiger partial charge in [0.2, 0.25) is 0 Å². The van der Waals surface area contributed by atoms with Crippen molar-refractivity contribution in [2.45, 2.75) is 18.8 Å². The number of rotatable bonds is 3. The Bertz CT molecular complexity index is 635. The van der Waals surface area contributed by atoms with E-state index in [2.05, 4.69) is 15.5 Å². The van der Waals surface area contributed by atoms with Crippen molar-refractivity contribution in [3.8, 4) is 0 Å². The third kappa shape index (κ3) is 2.47. The third-order valence-electron chi connectivity index (χ3n) is 3.03. The van der Waals surface area contributed by atoms with Crippen LogP contribution in [0.3, 0.4) is 0 Å². The lowest BCUT2D eigenvalue weighted by atomic mass is 10.2. The maximum absolute atomic E-state index is 13.4. The van der Waals surface area contributed by atoms with E-state index in [0.29, 0.717) is 5.92 Å². The van der Waals surface area contributed by atoms with Crippen LogP contribution in [-0.4, -0.2) is 16.1 Å². The summed E-state index contributed by atoms with van der Waals surface area (Å²) >= 11 is 0. The molecule has 1 aromatic heterocycles. The second kappa shape index (κ2) is 4.46. The van der Waals surface area contributed by atoms with E-state index < -0.39 is 17.5 Å². The van der Waals surface area contributed by atoms with Crippen LogP contribution in [0.25, 0.3) is 0 Å². The van der Waals surface area contributed by atoms with Crippen molar-refractivity contribution in [1.29, 1.82) is 0 Å². The van der Waals surface area contributed by atoms with Crippen molar-refractivity contribution in [3.63, 3.8) is 0 Å². The fourth-order valence-corrected chi connectivity index (χ4v) is 1.83. The number of H-pyrrole nitrogens is 1. The van der Waals surface area contributed by atoms with Crippen molar-refractivity contribution in [2.24, 2.45) is 0 Å². The molecule has 1 aromatic carbocycles. The molecule has 0 radical (unpaired) electrons. The van der Waals surface area contributed by atoms with Crippen LogP contribution in [0.2, 0.25) is 0 Å². The monoisotopic (exact) mass is 263 g/mol. The average molecular weight is 263 g/mol. The molecule has 0 atom stereocenters. The summed E-state index contributed by atoms with van der Waals surface area (Å²) in [5, 5.41) is 9.04. The topological polar surface area (TPSA) is 57.8 Å². The van der Waals surface area contributed by atoms with Gasteiger partial charge in [-0.05, 0) is 31.0 Å². The van der Waals surface area contributed by atoms with Crippen LogP contribution in [-0.2, 0) is 0 Å². The molecule has 4 nitrogen and oxygen atoms in total. The average Bonchev–Trinajstić information content (AvgIpc) is 3.10. The molecule has 2 N–H and O–H groups in total. The first-order valence-corrected chi connectivity index (χ1v) is 5.95. The normalized spacial score (nSPS) is 14.4. The van der Waals surface area contributed by atoms with Crippen LogP contribution in [0, 0.1) is 11.6 Å². The second-order valence-electron chi connectivity index (χ2n) is 4.56. The molecule has 0 saturated heterocycles. The number of hydrogen-bond donors (Lipinski definition) is 2. The largest absolute Gasteiger partial charge is 0.318 e. The van der Waals surface area contributed by atoms with E-state index in [4.69, 9.17) is 0 Å². The van der Waals surface area contributed by atoms with E-state index in [9.17, 15) is 13.6 Å². The molecule has 3 rings (SSSR count). The fraction of sp³-hybridized carbons (Fsp3) is 0.231. The Labute approximate surface area is 107 Å². The number of carbonyl (C=O) groups is 1. The highest BCUT2D eigenvalue weighted by atomic mass is 19.1. The molecule has 1 heterocycles. The molecule has 1 amide bonds. The van der Waals surface area contributed by atoms with Gasteiger partial charge in [0.15, 0.2) is 5.69 Å². The Morgan fingerprint density at radius 1 is 1.32 bits per heavy atom. The van der Waals surface area contributed by atoms with Crippen molar-refractivity contribution in [3.05, 3.63) is 47.3 Å². The minimum absolute atomic E-state index is 0.0672. The first-order valence-electron chi connectivity index (χ1n) is 5.95. The highest BCUT2D eigenvalue weighted by Crippen LogP contribution is 2.39. The number of aromatic amines is 1. The molecule has 1 aliphatic carbocycles. The zero-order chi connectivity index (χ0) is 13.4. The van der Waals surface area contributed by atoms with Crippen LogP contribution in [0.5, 0.6) is 0 Å². The SMILES string of the molecule is O=C(Nc1ccc(F)cc1F)c1cc(C2CC2)[nH]n1. The first-order chi connectivity index (χ1) is 9.13. The molecule has 1 aliphatic rings. The summed E-state index contributed by atoms with van der Waals surface area (Å²) in [6.07, 6.45) is 2.19. The van der Waals surface area contributed by atoms with Gasteiger partial charge in [-0.2, -0.15) is 5.10 Å². The number of anilines is 1. The van der Waals surface area contributed by atoms with Crippen LogP contribution < -0.4 is 5.32 Å². The van der Waals surface area contributed by atoms with Gasteiger partial charge >= 0.3 is 0 Å². The minimum atomic E-state index is -0.814. The van der Waals surface area contributed by atoms with Gasteiger partial charge in [0, 0.05) is 17.7 Å². The van der Waals surface area contributed by atoms with E-state index in [0.717, 1.165) is 30.7 Å². The van der Waals surface area contributed by atoms with E-state index in [1.807, 2.05) is 0 Å². The zero-order valence-electron chi connectivity index (χ0n) is 9.91. The van der Waals surface area contributed by atoms with Crippen LogP contribution in [0.4, 0.5) is 14.5 Å². The van der Waals surface area contributed by atoms with Gasteiger partial charge in [-0.15, -0.1) is 0 Å². The van der Waals surface area contributed by atoms with E-state index >= 15 is 0 Å². The molecular formula is C13H11F2N3O. The number of hydrogen-bond acceptors (Lipinski definition) is 2. The number of aromatic nitrogens is 2. The smallest absolute Gasteiger partial charge is 0.276 e. The molecule has 1 saturated carbocycles. The van der Waals surface area contributed by atoms with Gasteiger partial charge in [0.05, 0.1) is 5.69 Å². The summed E-state index contributed by atoms with van der Waals surface area (Å²) in [6.45, 7) is 0. The Morgan fingerprint density at radius 3 is 2.79 bits per heavy atom. The summed E-state index contributed by atoms with van der Waals surface area (Å²) < 4.78 is 26.1. The van der Waals surface area contributed by atoms with Gasteiger partial charge in [0.25, 0.3) is 5.91 Å². The molecule has 19 heavy (non-hydrogen) atoms.